The Morgan fingerprint density at radius 1 is 1.00 bits per heavy atom. The maximum absolute atomic E-state index is 13.5. The van der Waals surface area contributed by atoms with Gasteiger partial charge in [0.15, 0.2) is 0 Å². The number of anilines is 3. The molecule has 0 radical (unpaired) electrons. The number of carbonyl (C=O) groups excluding carboxylic acids is 2. The van der Waals surface area contributed by atoms with E-state index < -0.39 is 23.4 Å². The van der Waals surface area contributed by atoms with Crippen LogP contribution in [0.2, 0.25) is 0 Å². The van der Waals surface area contributed by atoms with Crippen LogP contribution in [0.25, 0.3) is 0 Å². The van der Waals surface area contributed by atoms with Crippen molar-refractivity contribution in [2.24, 2.45) is 0 Å². The molecule has 1 unspecified atom stereocenters. The van der Waals surface area contributed by atoms with Crippen molar-refractivity contribution in [2.45, 2.75) is 71.8 Å². The van der Waals surface area contributed by atoms with Gasteiger partial charge < -0.3 is 14.2 Å². The molecule has 1 aromatic heterocycles. The topological polar surface area (TPSA) is 81.2 Å². The first-order chi connectivity index (χ1) is 17.3. The SMILES string of the molecule is C=CCOC(CC=C)c1ccc2c(c1)N(C(=O)OC(C)(C)C)Cc1cccnc1N2C(=O)OC(C)(C)C. The number of aromatic nitrogens is 1. The molecule has 0 aliphatic carbocycles. The third-order valence-electron chi connectivity index (χ3n) is 5.30. The van der Waals surface area contributed by atoms with E-state index in [1.54, 1.807) is 51.3 Å². The summed E-state index contributed by atoms with van der Waals surface area (Å²) in [6.45, 7) is 18.9. The summed E-state index contributed by atoms with van der Waals surface area (Å²) in [5.41, 5.74) is 0.952. The Hall–Kier alpha value is -3.65. The normalized spacial score (nSPS) is 14.1. The zero-order valence-corrected chi connectivity index (χ0v) is 22.6. The number of hydrogen-bond donors (Lipinski definition) is 0. The number of carbonyl (C=O) groups is 2. The van der Waals surface area contributed by atoms with Crippen molar-refractivity contribution in [1.29, 1.82) is 0 Å². The molecule has 0 saturated carbocycles. The summed E-state index contributed by atoms with van der Waals surface area (Å²) in [4.78, 5) is 34.5. The van der Waals surface area contributed by atoms with Crippen LogP contribution < -0.4 is 9.80 Å². The molecule has 0 bridgehead atoms. The number of ether oxygens (including phenoxy) is 3. The van der Waals surface area contributed by atoms with Crippen LogP contribution in [0.4, 0.5) is 26.8 Å². The molecule has 37 heavy (non-hydrogen) atoms. The first-order valence-corrected chi connectivity index (χ1v) is 12.3. The molecule has 2 aromatic rings. The third kappa shape index (κ3) is 6.98. The molecule has 2 heterocycles. The van der Waals surface area contributed by atoms with Crippen LogP contribution >= 0.6 is 0 Å². The summed E-state index contributed by atoms with van der Waals surface area (Å²) < 4.78 is 17.5. The van der Waals surface area contributed by atoms with E-state index in [0.29, 0.717) is 35.8 Å². The van der Waals surface area contributed by atoms with Crippen molar-refractivity contribution >= 4 is 29.4 Å². The second-order valence-electron chi connectivity index (χ2n) is 10.8. The fraction of sp³-hybridized carbons (Fsp3) is 0.414. The molecular formula is C29H37N3O5. The number of hydrogen-bond acceptors (Lipinski definition) is 6. The zero-order chi connectivity index (χ0) is 27.4. The summed E-state index contributed by atoms with van der Waals surface area (Å²) >= 11 is 0. The average molecular weight is 508 g/mol. The number of fused-ring (bicyclic) bond motifs is 2. The molecule has 8 heteroatoms. The number of rotatable bonds is 6. The van der Waals surface area contributed by atoms with Gasteiger partial charge in [-0.25, -0.2) is 19.5 Å². The smallest absolute Gasteiger partial charge is 0.420 e. The van der Waals surface area contributed by atoms with Gasteiger partial charge in [0.1, 0.15) is 17.0 Å². The van der Waals surface area contributed by atoms with E-state index in [1.165, 1.54) is 9.80 Å². The second kappa shape index (κ2) is 11.2. The molecule has 1 aliphatic rings. The molecule has 1 aromatic carbocycles. The second-order valence-corrected chi connectivity index (χ2v) is 10.8. The van der Waals surface area contributed by atoms with E-state index in [-0.39, 0.29) is 12.6 Å². The molecule has 0 spiro atoms. The first-order valence-electron chi connectivity index (χ1n) is 12.3. The maximum Gasteiger partial charge on any atom is 0.420 e. The molecule has 1 atom stereocenters. The van der Waals surface area contributed by atoms with Gasteiger partial charge in [-0.2, -0.15) is 0 Å². The van der Waals surface area contributed by atoms with E-state index in [2.05, 4.69) is 18.1 Å². The predicted molar refractivity (Wildman–Crippen MR) is 145 cm³/mol. The van der Waals surface area contributed by atoms with Crippen LogP contribution in [-0.2, 0) is 20.8 Å². The highest BCUT2D eigenvalue weighted by molar-refractivity contribution is 6.04. The van der Waals surface area contributed by atoms with Gasteiger partial charge >= 0.3 is 12.2 Å². The van der Waals surface area contributed by atoms with Crippen molar-refractivity contribution < 1.29 is 23.8 Å². The quantitative estimate of drug-likeness (QED) is 0.384. The fourth-order valence-corrected chi connectivity index (χ4v) is 3.88. The fourth-order valence-electron chi connectivity index (χ4n) is 3.88. The number of amides is 2. The molecule has 2 amide bonds. The van der Waals surface area contributed by atoms with Crippen LogP contribution in [0, 0.1) is 0 Å². The van der Waals surface area contributed by atoms with Crippen LogP contribution in [0.1, 0.15) is 65.2 Å². The summed E-state index contributed by atoms with van der Waals surface area (Å²) in [7, 11) is 0. The van der Waals surface area contributed by atoms with Gasteiger partial charge in [0, 0.05) is 11.8 Å². The number of pyridine rings is 1. The van der Waals surface area contributed by atoms with Gasteiger partial charge in [0.25, 0.3) is 0 Å². The van der Waals surface area contributed by atoms with Crippen LogP contribution in [0.3, 0.4) is 0 Å². The number of nitrogens with zero attached hydrogens (tertiary/aromatic N) is 3. The maximum atomic E-state index is 13.5. The van der Waals surface area contributed by atoms with Crippen molar-refractivity contribution in [1.82, 2.24) is 4.98 Å². The Morgan fingerprint density at radius 2 is 1.68 bits per heavy atom. The van der Waals surface area contributed by atoms with E-state index in [1.807, 2.05) is 39.0 Å². The van der Waals surface area contributed by atoms with Crippen LogP contribution in [0.15, 0.2) is 61.8 Å². The predicted octanol–water partition coefficient (Wildman–Crippen LogP) is 7.23. The van der Waals surface area contributed by atoms with Crippen molar-refractivity contribution in [3.8, 4) is 0 Å². The lowest BCUT2D eigenvalue weighted by Gasteiger charge is -2.30. The highest BCUT2D eigenvalue weighted by atomic mass is 16.6. The van der Waals surface area contributed by atoms with Crippen molar-refractivity contribution in [3.05, 3.63) is 73.0 Å². The largest absolute Gasteiger partial charge is 0.443 e. The average Bonchev–Trinajstić information content (AvgIpc) is 2.93. The Labute approximate surface area is 219 Å². The molecule has 198 valence electrons. The minimum atomic E-state index is -0.739. The number of benzene rings is 1. The van der Waals surface area contributed by atoms with Gasteiger partial charge in [-0.15, -0.1) is 13.2 Å². The molecule has 8 nitrogen and oxygen atoms in total. The minimum Gasteiger partial charge on any atom is -0.443 e. The van der Waals surface area contributed by atoms with Gasteiger partial charge in [-0.1, -0.05) is 24.3 Å². The molecule has 1 aliphatic heterocycles. The molecule has 0 N–H and O–H groups in total. The molecule has 0 fully saturated rings. The Morgan fingerprint density at radius 3 is 2.30 bits per heavy atom. The first kappa shape index (κ1) is 27.9. The van der Waals surface area contributed by atoms with E-state index >= 15 is 0 Å². The van der Waals surface area contributed by atoms with Crippen molar-refractivity contribution in [2.75, 3.05) is 16.4 Å². The van der Waals surface area contributed by atoms with E-state index in [9.17, 15) is 9.59 Å². The lowest BCUT2D eigenvalue weighted by atomic mass is 10.0. The highest BCUT2D eigenvalue weighted by Gasteiger charge is 2.36. The van der Waals surface area contributed by atoms with Crippen LogP contribution in [-0.4, -0.2) is 35.0 Å². The Kier molecular flexibility index (Phi) is 8.43. The van der Waals surface area contributed by atoms with E-state index in [0.717, 1.165) is 5.56 Å². The minimum absolute atomic E-state index is 0.146. The zero-order valence-electron chi connectivity index (χ0n) is 22.6. The summed E-state index contributed by atoms with van der Waals surface area (Å²) in [5, 5.41) is 0. The van der Waals surface area contributed by atoms with Gasteiger partial charge in [0.2, 0.25) is 0 Å². The third-order valence-corrected chi connectivity index (χ3v) is 5.30. The lowest BCUT2D eigenvalue weighted by Crippen LogP contribution is -2.37. The highest BCUT2D eigenvalue weighted by Crippen LogP contribution is 2.43. The van der Waals surface area contributed by atoms with E-state index in [4.69, 9.17) is 14.2 Å². The summed E-state index contributed by atoms with van der Waals surface area (Å²) in [6, 6.07) is 9.10. The summed E-state index contributed by atoms with van der Waals surface area (Å²) in [5.74, 6) is 0.391. The lowest BCUT2D eigenvalue weighted by molar-refractivity contribution is 0.0570. The van der Waals surface area contributed by atoms with Gasteiger partial charge in [-0.3, -0.25) is 4.90 Å². The van der Waals surface area contributed by atoms with Crippen molar-refractivity contribution in [3.63, 3.8) is 0 Å². The van der Waals surface area contributed by atoms with Gasteiger partial charge in [0.05, 0.1) is 30.6 Å². The monoisotopic (exact) mass is 507 g/mol. The molecule has 0 saturated heterocycles. The Balaban J connectivity index is 2.24. The standard InChI is InChI=1S/C29H37N3O5/c1-9-12-24(35-17-10-2)20-14-15-22-23(18-20)31(26(33)36-28(3,4)5)19-21-13-11-16-30-25(21)32(22)27(34)37-29(6,7)8/h9-11,13-16,18,24H,1-2,12,17,19H2,3-8H3. The van der Waals surface area contributed by atoms with Gasteiger partial charge in [-0.05, 0) is 71.7 Å². The molecule has 3 rings (SSSR count). The Bertz CT molecular complexity index is 1160. The van der Waals surface area contributed by atoms with Crippen LogP contribution in [0.5, 0.6) is 0 Å². The summed E-state index contributed by atoms with van der Waals surface area (Å²) in [6.07, 6.45) is 4.15. The molecular weight excluding hydrogens is 470 g/mol.